The lowest BCUT2D eigenvalue weighted by Crippen LogP contribution is -2.37. The van der Waals surface area contributed by atoms with Crippen LogP contribution in [0.15, 0.2) is 24.3 Å². The highest BCUT2D eigenvalue weighted by molar-refractivity contribution is 7.88. The van der Waals surface area contributed by atoms with Crippen molar-refractivity contribution in [3.8, 4) is 0 Å². The Hall–Kier alpha value is -1.60. The van der Waals surface area contributed by atoms with Gasteiger partial charge in [-0.15, -0.1) is 0 Å². The molecule has 0 aliphatic heterocycles. The quantitative estimate of drug-likeness (QED) is 0.744. The van der Waals surface area contributed by atoms with E-state index in [2.05, 4.69) is 5.32 Å². The lowest BCUT2D eigenvalue weighted by molar-refractivity contribution is -0.124. The highest BCUT2D eigenvalue weighted by Gasteiger charge is 2.23. The maximum atomic E-state index is 12.2. The summed E-state index contributed by atoms with van der Waals surface area (Å²) in [7, 11) is -0.507. The summed E-state index contributed by atoms with van der Waals surface area (Å²) in [5.74, 6) is -0.768. The van der Waals surface area contributed by atoms with Crippen LogP contribution in [-0.4, -0.2) is 39.3 Å². The number of nitrogens with two attached hydrogens (primary N) is 1. The molecule has 0 aromatic heterocycles. The first-order chi connectivity index (χ1) is 9.27. The number of amides is 1. The van der Waals surface area contributed by atoms with Gasteiger partial charge in [0.1, 0.15) is 0 Å². The van der Waals surface area contributed by atoms with Crippen molar-refractivity contribution in [1.82, 2.24) is 9.62 Å². The van der Waals surface area contributed by atoms with Gasteiger partial charge in [0, 0.05) is 32.2 Å². The van der Waals surface area contributed by atoms with E-state index < -0.39 is 15.9 Å². The third kappa shape index (κ3) is 4.21. The van der Waals surface area contributed by atoms with Gasteiger partial charge in [0.25, 0.3) is 0 Å². The van der Waals surface area contributed by atoms with Crippen molar-refractivity contribution in [3.05, 3.63) is 29.8 Å². The third-order valence-corrected chi connectivity index (χ3v) is 4.87. The molecule has 112 valence electrons. The molecule has 0 saturated heterocycles. The predicted molar refractivity (Wildman–Crippen MR) is 79.3 cm³/mol. The molecule has 1 rings (SSSR count). The van der Waals surface area contributed by atoms with Crippen LogP contribution in [-0.2, 0) is 20.6 Å². The lowest BCUT2D eigenvalue weighted by atomic mass is 10.2. The van der Waals surface area contributed by atoms with Crippen molar-refractivity contribution >= 4 is 21.6 Å². The van der Waals surface area contributed by atoms with Crippen LogP contribution >= 0.6 is 0 Å². The summed E-state index contributed by atoms with van der Waals surface area (Å²) in [6, 6.07) is 6.85. The first-order valence-electron chi connectivity index (χ1n) is 6.27. The number of sulfonamides is 1. The van der Waals surface area contributed by atoms with E-state index in [0.29, 0.717) is 11.3 Å². The molecule has 1 atom stereocenters. The second-order valence-corrected chi connectivity index (χ2v) is 6.83. The number of nitrogens with zero attached hydrogens (tertiary/aromatic N) is 1. The summed E-state index contributed by atoms with van der Waals surface area (Å²) in [6.07, 6.45) is 0. The predicted octanol–water partition coefficient (Wildman–Crippen LogP) is 0.413. The van der Waals surface area contributed by atoms with Gasteiger partial charge in [0.15, 0.2) is 0 Å². The Balaban J connectivity index is 2.79. The molecule has 1 aromatic rings. The summed E-state index contributed by atoms with van der Waals surface area (Å²) in [5.41, 5.74) is 6.76. The average Bonchev–Trinajstić information content (AvgIpc) is 2.40. The zero-order chi connectivity index (χ0) is 15.3. The first-order valence-corrected chi connectivity index (χ1v) is 7.88. The molecule has 0 fully saturated rings. The summed E-state index contributed by atoms with van der Waals surface area (Å²) in [6.45, 7) is 1.82. The molecule has 0 saturated carbocycles. The summed E-state index contributed by atoms with van der Waals surface area (Å²) in [4.78, 5) is 11.4. The number of carbonyl (C=O) groups is 1. The average molecular weight is 299 g/mol. The monoisotopic (exact) mass is 299 g/mol. The van der Waals surface area contributed by atoms with Crippen molar-refractivity contribution in [1.29, 1.82) is 0 Å². The topological polar surface area (TPSA) is 92.5 Å². The Kier molecular flexibility index (Phi) is 5.52. The van der Waals surface area contributed by atoms with Gasteiger partial charge < -0.3 is 11.1 Å². The fourth-order valence-electron chi connectivity index (χ4n) is 1.80. The minimum atomic E-state index is -3.50. The molecule has 0 spiro atoms. The van der Waals surface area contributed by atoms with Gasteiger partial charge in [-0.05, 0) is 11.6 Å². The maximum Gasteiger partial charge on any atom is 0.223 e. The van der Waals surface area contributed by atoms with E-state index in [9.17, 15) is 13.2 Å². The largest absolute Gasteiger partial charge is 0.398 e. The number of nitrogens with one attached hydrogen (secondary N) is 1. The molecule has 1 aromatic carbocycles. The molecule has 3 N–H and O–H groups in total. The second-order valence-electron chi connectivity index (χ2n) is 4.75. The Morgan fingerprint density at radius 1 is 1.40 bits per heavy atom. The fraction of sp³-hybridized carbons (Fsp3) is 0.462. The smallest absolute Gasteiger partial charge is 0.223 e. The van der Waals surface area contributed by atoms with Gasteiger partial charge in [-0.2, -0.15) is 0 Å². The SMILES string of the molecule is CNC(=O)C(C)CN(C)S(=O)(=O)Cc1ccccc1N. The van der Waals surface area contributed by atoms with Gasteiger partial charge in [0.2, 0.25) is 15.9 Å². The van der Waals surface area contributed by atoms with Crippen molar-refractivity contribution in [2.75, 3.05) is 26.4 Å². The molecule has 0 radical (unpaired) electrons. The van der Waals surface area contributed by atoms with Crippen molar-refractivity contribution < 1.29 is 13.2 Å². The molecule has 1 amide bonds. The first kappa shape index (κ1) is 16.5. The lowest BCUT2D eigenvalue weighted by Gasteiger charge is -2.20. The number of rotatable bonds is 6. The van der Waals surface area contributed by atoms with E-state index >= 15 is 0 Å². The molecular formula is C13H21N3O3S. The van der Waals surface area contributed by atoms with Gasteiger partial charge in [0.05, 0.1) is 5.75 Å². The van der Waals surface area contributed by atoms with Crippen LogP contribution in [0, 0.1) is 5.92 Å². The molecular weight excluding hydrogens is 278 g/mol. The highest BCUT2D eigenvalue weighted by atomic mass is 32.2. The minimum Gasteiger partial charge on any atom is -0.398 e. The molecule has 6 nitrogen and oxygen atoms in total. The van der Waals surface area contributed by atoms with Crippen LogP contribution < -0.4 is 11.1 Å². The van der Waals surface area contributed by atoms with Gasteiger partial charge in [-0.25, -0.2) is 12.7 Å². The Labute approximate surface area is 120 Å². The van der Waals surface area contributed by atoms with Crippen LogP contribution in [0.1, 0.15) is 12.5 Å². The van der Waals surface area contributed by atoms with E-state index in [1.165, 1.54) is 18.4 Å². The second kappa shape index (κ2) is 6.71. The van der Waals surface area contributed by atoms with Crippen LogP contribution in [0.3, 0.4) is 0 Å². The van der Waals surface area contributed by atoms with E-state index in [0.717, 1.165) is 0 Å². The number of benzene rings is 1. The van der Waals surface area contributed by atoms with Crippen LogP contribution in [0.25, 0.3) is 0 Å². The zero-order valence-corrected chi connectivity index (χ0v) is 12.8. The van der Waals surface area contributed by atoms with Crippen molar-refractivity contribution in [2.24, 2.45) is 5.92 Å². The van der Waals surface area contributed by atoms with Crippen molar-refractivity contribution in [3.63, 3.8) is 0 Å². The third-order valence-electron chi connectivity index (χ3n) is 3.09. The fourth-order valence-corrected chi connectivity index (χ4v) is 3.13. The Bertz CT molecular complexity index is 572. The number of nitrogen functional groups attached to an aromatic ring is 1. The maximum absolute atomic E-state index is 12.2. The van der Waals surface area contributed by atoms with Gasteiger partial charge in [-0.3, -0.25) is 4.79 Å². The summed E-state index contributed by atoms with van der Waals surface area (Å²) in [5, 5.41) is 2.50. The van der Waals surface area contributed by atoms with Crippen LogP contribution in [0.2, 0.25) is 0 Å². The van der Waals surface area contributed by atoms with Crippen LogP contribution in [0.5, 0.6) is 0 Å². The number of hydrogen-bond acceptors (Lipinski definition) is 4. The van der Waals surface area contributed by atoms with E-state index in [-0.39, 0.29) is 18.2 Å². The Morgan fingerprint density at radius 3 is 2.55 bits per heavy atom. The van der Waals surface area contributed by atoms with E-state index in [1.807, 2.05) is 0 Å². The minimum absolute atomic E-state index is 0.134. The normalized spacial score (nSPS) is 13.2. The molecule has 0 aliphatic rings. The molecule has 7 heteroatoms. The Morgan fingerprint density at radius 2 is 2.00 bits per heavy atom. The molecule has 0 bridgehead atoms. The molecule has 1 unspecified atom stereocenters. The van der Waals surface area contributed by atoms with Gasteiger partial charge in [-0.1, -0.05) is 25.1 Å². The number of hydrogen-bond donors (Lipinski definition) is 2. The van der Waals surface area contributed by atoms with Crippen molar-refractivity contribution in [2.45, 2.75) is 12.7 Å². The van der Waals surface area contributed by atoms with Gasteiger partial charge >= 0.3 is 0 Å². The standard InChI is InChI=1S/C13H21N3O3S/c1-10(13(17)15-2)8-16(3)20(18,19)9-11-6-4-5-7-12(11)14/h4-7,10H,8-9,14H2,1-3H3,(H,15,17). The van der Waals surface area contributed by atoms with E-state index in [4.69, 9.17) is 5.73 Å². The van der Waals surface area contributed by atoms with E-state index in [1.54, 1.807) is 31.2 Å². The number of para-hydroxylation sites is 1. The van der Waals surface area contributed by atoms with Crippen LogP contribution in [0.4, 0.5) is 5.69 Å². The summed E-state index contributed by atoms with van der Waals surface area (Å²) >= 11 is 0. The number of anilines is 1. The molecule has 20 heavy (non-hydrogen) atoms. The molecule has 0 heterocycles. The molecule has 0 aliphatic carbocycles. The zero-order valence-electron chi connectivity index (χ0n) is 12.0. The highest BCUT2D eigenvalue weighted by Crippen LogP contribution is 2.16. The summed E-state index contributed by atoms with van der Waals surface area (Å²) < 4.78 is 25.7. The number of carbonyl (C=O) groups excluding carboxylic acids is 1.